The van der Waals surface area contributed by atoms with E-state index in [1.807, 2.05) is 37.3 Å². The van der Waals surface area contributed by atoms with Crippen LogP contribution in [-0.4, -0.2) is 32.3 Å². The fourth-order valence-electron chi connectivity index (χ4n) is 3.47. The second-order valence-electron chi connectivity index (χ2n) is 7.14. The largest absolute Gasteiger partial charge is 0.494 e. The van der Waals surface area contributed by atoms with Gasteiger partial charge in [-0.05, 0) is 61.7 Å². The van der Waals surface area contributed by atoms with Crippen molar-refractivity contribution in [1.29, 1.82) is 0 Å². The van der Waals surface area contributed by atoms with Crippen molar-refractivity contribution in [3.63, 3.8) is 0 Å². The molecular weight excluding hydrogens is 368 g/mol. The molecule has 2 N–H and O–H groups in total. The van der Waals surface area contributed by atoms with Crippen molar-refractivity contribution in [2.45, 2.75) is 45.2 Å². The first kappa shape index (κ1) is 21.0. The number of amides is 1. The minimum atomic E-state index is -0.233. The summed E-state index contributed by atoms with van der Waals surface area (Å²) in [5.41, 5.74) is 1.84. The summed E-state index contributed by atoms with van der Waals surface area (Å²) in [7, 11) is 1.61. The minimum Gasteiger partial charge on any atom is -0.494 e. The molecule has 2 aromatic rings. The van der Waals surface area contributed by atoms with Crippen LogP contribution in [-0.2, 0) is 11.3 Å². The van der Waals surface area contributed by atoms with Crippen LogP contribution >= 0.6 is 0 Å². The van der Waals surface area contributed by atoms with Gasteiger partial charge in [-0.15, -0.1) is 0 Å². The standard InChI is InChI=1S/C23H30N2O4/c1-3-28-20-11-9-19(10-12-20)25-23(26)16-29-21-13-8-17(14-22(21)27-2)15-24-18-6-4-5-7-18/h8-14,18,24H,3-7,15-16H2,1-2H3,(H,25,26). The van der Waals surface area contributed by atoms with Gasteiger partial charge in [0, 0.05) is 18.3 Å². The summed E-state index contributed by atoms with van der Waals surface area (Å²) in [4.78, 5) is 12.2. The third-order valence-electron chi connectivity index (χ3n) is 4.99. The molecule has 2 aromatic carbocycles. The summed E-state index contributed by atoms with van der Waals surface area (Å²) in [5.74, 6) is 1.72. The van der Waals surface area contributed by atoms with Gasteiger partial charge in [0.05, 0.1) is 13.7 Å². The zero-order valence-electron chi connectivity index (χ0n) is 17.2. The molecule has 3 rings (SSSR count). The first-order valence-electron chi connectivity index (χ1n) is 10.2. The van der Waals surface area contributed by atoms with Gasteiger partial charge < -0.3 is 24.8 Å². The monoisotopic (exact) mass is 398 g/mol. The van der Waals surface area contributed by atoms with E-state index in [4.69, 9.17) is 14.2 Å². The molecule has 1 fully saturated rings. The van der Waals surface area contributed by atoms with Crippen LogP contribution in [0.15, 0.2) is 42.5 Å². The van der Waals surface area contributed by atoms with Crippen LogP contribution in [0.2, 0.25) is 0 Å². The molecule has 6 heteroatoms. The summed E-state index contributed by atoms with van der Waals surface area (Å²) in [6.45, 7) is 3.25. The molecule has 0 aromatic heterocycles. The number of ether oxygens (including phenoxy) is 3. The smallest absolute Gasteiger partial charge is 0.262 e. The first-order chi connectivity index (χ1) is 14.2. The van der Waals surface area contributed by atoms with Crippen molar-refractivity contribution in [2.75, 3.05) is 25.6 Å². The molecule has 1 amide bonds. The van der Waals surface area contributed by atoms with Crippen molar-refractivity contribution in [3.05, 3.63) is 48.0 Å². The van der Waals surface area contributed by atoms with Crippen LogP contribution in [0.1, 0.15) is 38.2 Å². The zero-order valence-corrected chi connectivity index (χ0v) is 17.2. The number of nitrogens with one attached hydrogen (secondary N) is 2. The van der Waals surface area contributed by atoms with Crippen LogP contribution in [0.4, 0.5) is 5.69 Å². The highest BCUT2D eigenvalue weighted by atomic mass is 16.5. The molecule has 0 spiro atoms. The first-order valence-corrected chi connectivity index (χ1v) is 10.2. The predicted molar refractivity (Wildman–Crippen MR) is 114 cm³/mol. The Bertz CT molecular complexity index is 786. The maximum Gasteiger partial charge on any atom is 0.262 e. The lowest BCUT2D eigenvalue weighted by Crippen LogP contribution is -2.25. The third-order valence-corrected chi connectivity index (χ3v) is 4.99. The Balaban J connectivity index is 1.50. The van der Waals surface area contributed by atoms with E-state index in [0.717, 1.165) is 17.9 Å². The van der Waals surface area contributed by atoms with Gasteiger partial charge in [-0.2, -0.15) is 0 Å². The summed E-state index contributed by atoms with van der Waals surface area (Å²) in [6.07, 6.45) is 5.13. The molecule has 6 nitrogen and oxygen atoms in total. The molecule has 0 unspecified atom stereocenters. The number of hydrogen-bond donors (Lipinski definition) is 2. The van der Waals surface area contributed by atoms with Crippen molar-refractivity contribution in [1.82, 2.24) is 5.32 Å². The lowest BCUT2D eigenvalue weighted by atomic mass is 10.1. The lowest BCUT2D eigenvalue weighted by molar-refractivity contribution is -0.118. The summed E-state index contributed by atoms with van der Waals surface area (Å²) in [5, 5.41) is 6.40. The van der Waals surface area contributed by atoms with Gasteiger partial charge >= 0.3 is 0 Å². The van der Waals surface area contributed by atoms with E-state index in [1.54, 1.807) is 19.2 Å². The Morgan fingerprint density at radius 3 is 2.48 bits per heavy atom. The second-order valence-corrected chi connectivity index (χ2v) is 7.14. The van der Waals surface area contributed by atoms with Gasteiger partial charge in [0.1, 0.15) is 5.75 Å². The molecule has 0 heterocycles. The van der Waals surface area contributed by atoms with Crippen LogP contribution in [0.3, 0.4) is 0 Å². The Hall–Kier alpha value is -2.73. The normalized spacial score (nSPS) is 13.9. The zero-order chi connectivity index (χ0) is 20.5. The Kier molecular flexibility index (Phi) is 7.76. The van der Waals surface area contributed by atoms with Gasteiger partial charge in [0.15, 0.2) is 18.1 Å². The van der Waals surface area contributed by atoms with Crippen molar-refractivity contribution < 1.29 is 19.0 Å². The number of carbonyl (C=O) groups is 1. The van der Waals surface area contributed by atoms with E-state index >= 15 is 0 Å². The van der Waals surface area contributed by atoms with Crippen molar-refractivity contribution in [3.8, 4) is 17.2 Å². The number of anilines is 1. The highest BCUT2D eigenvalue weighted by molar-refractivity contribution is 5.91. The minimum absolute atomic E-state index is 0.0940. The fraction of sp³-hybridized carbons (Fsp3) is 0.435. The average molecular weight is 399 g/mol. The maximum atomic E-state index is 12.2. The average Bonchev–Trinajstić information content (AvgIpc) is 3.26. The molecule has 0 atom stereocenters. The SMILES string of the molecule is CCOc1ccc(NC(=O)COc2ccc(CNC3CCCC3)cc2OC)cc1. The van der Waals surface area contributed by atoms with E-state index in [0.29, 0.717) is 29.8 Å². The molecule has 29 heavy (non-hydrogen) atoms. The van der Waals surface area contributed by atoms with Gasteiger partial charge in [-0.3, -0.25) is 4.79 Å². The van der Waals surface area contributed by atoms with E-state index in [1.165, 1.54) is 25.7 Å². The molecule has 1 aliphatic rings. The quantitative estimate of drug-likeness (QED) is 0.629. The number of rotatable bonds is 10. The number of hydrogen-bond acceptors (Lipinski definition) is 5. The lowest BCUT2D eigenvalue weighted by Gasteiger charge is -2.15. The van der Waals surface area contributed by atoms with Crippen LogP contribution in [0, 0.1) is 0 Å². The molecule has 0 aliphatic heterocycles. The summed E-state index contributed by atoms with van der Waals surface area (Å²) >= 11 is 0. The highest BCUT2D eigenvalue weighted by Gasteiger charge is 2.14. The number of benzene rings is 2. The van der Waals surface area contributed by atoms with Crippen molar-refractivity contribution in [2.24, 2.45) is 0 Å². The van der Waals surface area contributed by atoms with Crippen LogP contribution in [0.25, 0.3) is 0 Å². The van der Waals surface area contributed by atoms with Gasteiger partial charge in [-0.1, -0.05) is 18.9 Å². The van der Waals surface area contributed by atoms with Gasteiger partial charge in [0.2, 0.25) is 0 Å². The molecule has 1 saturated carbocycles. The van der Waals surface area contributed by atoms with E-state index in [2.05, 4.69) is 10.6 Å². The van der Waals surface area contributed by atoms with E-state index in [-0.39, 0.29) is 12.5 Å². The van der Waals surface area contributed by atoms with E-state index < -0.39 is 0 Å². The van der Waals surface area contributed by atoms with E-state index in [9.17, 15) is 4.79 Å². The Morgan fingerprint density at radius 1 is 1.03 bits per heavy atom. The maximum absolute atomic E-state index is 12.2. The van der Waals surface area contributed by atoms with Crippen LogP contribution in [0.5, 0.6) is 17.2 Å². The molecular formula is C23H30N2O4. The summed E-state index contributed by atoms with van der Waals surface area (Å²) in [6, 6.07) is 13.7. The Labute approximate surface area is 172 Å². The third kappa shape index (κ3) is 6.39. The van der Waals surface area contributed by atoms with Gasteiger partial charge in [-0.25, -0.2) is 0 Å². The Morgan fingerprint density at radius 2 is 1.79 bits per heavy atom. The van der Waals surface area contributed by atoms with Crippen LogP contribution < -0.4 is 24.8 Å². The molecule has 0 bridgehead atoms. The summed E-state index contributed by atoms with van der Waals surface area (Å²) < 4.78 is 16.5. The number of methoxy groups -OCH3 is 1. The second kappa shape index (κ2) is 10.7. The predicted octanol–water partition coefficient (Wildman–Crippen LogP) is 4.14. The molecule has 0 saturated heterocycles. The number of carbonyl (C=O) groups excluding carboxylic acids is 1. The van der Waals surface area contributed by atoms with Gasteiger partial charge in [0.25, 0.3) is 5.91 Å². The topological polar surface area (TPSA) is 68.8 Å². The molecule has 156 valence electrons. The van der Waals surface area contributed by atoms with Crippen molar-refractivity contribution >= 4 is 11.6 Å². The fourth-order valence-corrected chi connectivity index (χ4v) is 3.47. The molecule has 1 aliphatic carbocycles. The molecule has 0 radical (unpaired) electrons. The highest BCUT2D eigenvalue weighted by Crippen LogP contribution is 2.28.